The maximum atomic E-state index is 12.6. The first kappa shape index (κ1) is 17.0. The first-order valence-corrected chi connectivity index (χ1v) is 8.34. The molecule has 0 aliphatic heterocycles. The fraction of sp³-hybridized carbons (Fsp3) is 0.316. The summed E-state index contributed by atoms with van der Waals surface area (Å²) in [5.74, 6) is 0.866. The van der Waals surface area contributed by atoms with Gasteiger partial charge < -0.3 is 14.4 Å². The highest BCUT2D eigenvalue weighted by Gasteiger charge is 2.21. The second-order valence-electron chi connectivity index (χ2n) is 6.05. The second kappa shape index (κ2) is 7.34. The SMILES string of the molecule is CCCc1cc(CNC(=O)c2c(-c3cccc(C)c3)noc2C)on1. The van der Waals surface area contributed by atoms with Gasteiger partial charge in [0.1, 0.15) is 17.0 Å². The van der Waals surface area contributed by atoms with Crippen molar-refractivity contribution in [2.24, 2.45) is 0 Å². The van der Waals surface area contributed by atoms with Crippen LogP contribution in [0.1, 0.15) is 46.5 Å². The Labute approximate surface area is 146 Å². The van der Waals surface area contributed by atoms with Gasteiger partial charge in [0.25, 0.3) is 5.91 Å². The molecule has 0 bridgehead atoms. The minimum Gasteiger partial charge on any atom is -0.360 e. The van der Waals surface area contributed by atoms with Gasteiger partial charge >= 0.3 is 0 Å². The average Bonchev–Trinajstić information content (AvgIpc) is 3.19. The minimum absolute atomic E-state index is 0.247. The molecule has 2 heterocycles. The monoisotopic (exact) mass is 339 g/mol. The van der Waals surface area contributed by atoms with E-state index in [1.54, 1.807) is 6.92 Å². The zero-order chi connectivity index (χ0) is 17.8. The Kier molecular flexibility index (Phi) is 4.97. The molecule has 3 rings (SSSR count). The zero-order valence-electron chi connectivity index (χ0n) is 14.6. The number of hydrogen-bond donors (Lipinski definition) is 1. The van der Waals surface area contributed by atoms with Crippen molar-refractivity contribution in [1.29, 1.82) is 0 Å². The number of benzene rings is 1. The lowest BCUT2D eigenvalue weighted by molar-refractivity contribution is 0.0946. The van der Waals surface area contributed by atoms with Gasteiger partial charge in [0.2, 0.25) is 0 Å². The standard InChI is InChI=1S/C19H21N3O3/c1-4-6-15-10-16(25-21-15)11-20-19(23)17-13(3)24-22-18(17)14-8-5-7-12(2)9-14/h5,7-10H,4,6,11H2,1-3H3,(H,20,23). The number of carbonyl (C=O) groups excluding carboxylic acids is 1. The van der Waals surface area contributed by atoms with Gasteiger partial charge in [0, 0.05) is 11.6 Å². The van der Waals surface area contributed by atoms with Crippen molar-refractivity contribution in [1.82, 2.24) is 15.6 Å². The van der Waals surface area contributed by atoms with Crippen LogP contribution < -0.4 is 5.32 Å². The van der Waals surface area contributed by atoms with Gasteiger partial charge in [-0.05, 0) is 26.3 Å². The predicted molar refractivity (Wildman–Crippen MR) is 93.1 cm³/mol. The molecule has 0 spiro atoms. The summed E-state index contributed by atoms with van der Waals surface area (Å²) in [7, 11) is 0. The van der Waals surface area contributed by atoms with Crippen molar-refractivity contribution in [3.05, 3.63) is 58.7 Å². The molecule has 1 N–H and O–H groups in total. The molecule has 1 amide bonds. The van der Waals surface area contributed by atoms with Crippen LogP contribution in [0.3, 0.4) is 0 Å². The van der Waals surface area contributed by atoms with Crippen molar-refractivity contribution in [2.75, 3.05) is 0 Å². The molecule has 0 radical (unpaired) electrons. The maximum Gasteiger partial charge on any atom is 0.257 e. The van der Waals surface area contributed by atoms with Crippen LogP contribution in [0.2, 0.25) is 0 Å². The molecule has 2 aromatic heterocycles. The van der Waals surface area contributed by atoms with E-state index in [9.17, 15) is 4.79 Å². The van der Waals surface area contributed by atoms with Crippen LogP contribution in [-0.2, 0) is 13.0 Å². The third-order valence-electron chi connectivity index (χ3n) is 3.92. The topological polar surface area (TPSA) is 81.2 Å². The molecule has 0 saturated carbocycles. The normalized spacial score (nSPS) is 10.8. The predicted octanol–water partition coefficient (Wildman–Crippen LogP) is 3.83. The Hall–Kier alpha value is -2.89. The molecule has 0 aliphatic carbocycles. The molecule has 0 atom stereocenters. The number of nitrogens with zero attached hydrogens (tertiary/aromatic N) is 2. The van der Waals surface area contributed by atoms with Gasteiger partial charge in [-0.3, -0.25) is 4.79 Å². The molecule has 6 nitrogen and oxygen atoms in total. The van der Waals surface area contributed by atoms with Crippen molar-refractivity contribution < 1.29 is 13.8 Å². The Bertz CT molecular complexity index is 880. The van der Waals surface area contributed by atoms with E-state index in [1.165, 1.54) is 0 Å². The lowest BCUT2D eigenvalue weighted by atomic mass is 10.0. The Morgan fingerprint density at radius 2 is 2.00 bits per heavy atom. The molecule has 0 aliphatic rings. The number of carbonyl (C=O) groups is 1. The fourth-order valence-corrected chi connectivity index (χ4v) is 2.70. The van der Waals surface area contributed by atoms with E-state index >= 15 is 0 Å². The summed E-state index contributed by atoms with van der Waals surface area (Å²) in [6.07, 6.45) is 1.86. The third-order valence-corrected chi connectivity index (χ3v) is 3.92. The quantitative estimate of drug-likeness (QED) is 0.738. The van der Waals surface area contributed by atoms with Crippen LogP contribution in [0, 0.1) is 13.8 Å². The third kappa shape index (κ3) is 3.79. The Balaban J connectivity index is 1.77. The maximum absolute atomic E-state index is 12.6. The molecule has 0 unspecified atom stereocenters. The Morgan fingerprint density at radius 3 is 2.76 bits per heavy atom. The summed E-state index contributed by atoms with van der Waals surface area (Å²) >= 11 is 0. The van der Waals surface area contributed by atoms with Crippen LogP contribution in [0.25, 0.3) is 11.3 Å². The van der Waals surface area contributed by atoms with Crippen molar-refractivity contribution >= 4 is 5.91 Å². The van der Waals surface area contributed by atoms with Gasteiger partial charge in [-0.25, -0.2) is 0 Å². The second-order valence-corrected chi connectivity index (χ2v) is 6.05. The number of rotatable bonds is 6. The smallest absolute Gasteiger partial charge is 0.257 e. The number of aryl methyl sites for hydroxylation is 3. The Morgan fingerprint density at radius 1 is 1.16 bits per heavy atom. The zero-order valence-corrected chi connectivity index (χ0v) is 14.6. The van der Waals surface area contributed by atoms with Crippen LogP contribution in [-0.4, -0.2) is 16.2 Å². The summed E-state index contributed by atoms with van der Waals surface area (Å²) in [6.45, 7) is 6.08. The molecule has 0 fully saturated rings. The molecule has 0 saturated heterocycles. The number of hydrogen-bond acceptors (Lipinski definition) is 5. The molecule has 6 heteroatoms. The molecule has 3 aromatic rings. The van der Waals surface area contributed by atoms with Crippen LogP contribution in [0.5, 0.6) is 0 Å². The van der Waals surface area contributed by atoms with Gasteiger partial charge in [-0.1, -0.05) is 47.4 Å². The highest BCUT2D eigenvalue weighted by atomic mass is 16.5. The van der Waals surface area contributed by atoms with E-state index in [0.717, 1.165) is 29.7 Å². The minimum atomic E-state index is -0.247. The largest absolute Gasteiger partial charge is 0.360 e. The molecular weight excluding hydrogens is 318 g/mol. The summed E-state index contributed by atoms with van der Waals surface area (Å²) < 4.78 is 10.5. The molecule has 1 aromatic carbocycles. The molecular formula is C19H21N3O3. The van der Waals surface area contributed by atoms with E-state index in [4.69, 9.17) is 9.05 Å². The van der Waals surface area contributed by atoms with Gasteiger partial charge in [-0.15, -0.1) is 0 Å². The van der Waals surface area contributed by atoms with Gasteiger partial charge in [0.05, 0.1) is 12.2 Å². The average molecular weight is 339 g/mol. The lowest BCUT2D eigenvalue weighted by Gasteiger charge is -2.04. The lowest BCUT2D eigenvalue weighted by Crippen LogP contribution is -2.23. The highest BCUT2D eigenvalue weighted by Crippen LogP contribution is 2.26. The number of aromatic nitrogens is 2. The van der Waals surface area contributed by atoms with Crippen LogP contribution in [0.4, 0.5) is 0 Å². The van der Waals surface area contributed by atoms with E-state index in [1.807, 2.05) is 37.3 Å². The van der Waals surface area contributed by atoms with Gasteiger partial charge in [-0.2, -0.15) is 0 Å². The first-order valence-electron chi connectivity index (χ1n) is 8.34. The van der Waals surface area contributed by atoms with Gasteiger partial charge in [0.15, 0.2) is 5.76 Å². The molecule has 130 valence electrons. The fourth-order valence-electron chi connectivity index (χ4n) is 2.70. The summed E-state index contributed by atoms with van der Waals surface area (Å²) in [5, 5.41) is 10.9. The van der Waals surface area contributed by atoms with E-state index in [2.05, 4.69) is 22.6 Å². The van der Waals surface area contributed by atoms with E-state index in [-0.39, 0.29) is 12.5 Å². The van der Waals surface area contributed by atoms with Crippen molar-refractivity contribution in [3.63, 3.8) is 0 Å². The van der Waals surface area contributed by atoms with E-state index < -0.39 is 0 Å². The summed E-state index contributed by atoms with van der Waals surface area (Å²) in [4.78, 5) is 12.6. The van der Waals surface area contributed by atoms with E-state index in [0.29, 0.717) is 22.8 Å². The highest BCUT2D eigenvalue weighted by molar-refractivity contribution is 6.00. The van der Waals surface area contributed by atoms with Crippen LogP contribution >= 0.6 is 0 Å². The van der Waals surface area contributed by atoms with Crippen molar-refractivity contribution in [2.45, 2.75) is 40.2 Å². The van der Waals surface area contributed by atoms with Crippen molar-refractivity contribution in [3.8, 4) is 11.3 Å². The summed E-state index contributed by atoms with van der Waals surface area (Å²) in [5.41, 5.74) is 3.83. The summed E-state index contributed by atoms with van der Waals surface area (Å²) in [6, 6.07) is 9.68. The number of nitrogens with one attached hydrogen (secondary N) is 1. The van der Waals surface area contributed by atoms with Crippen LogP contribution in [0.15, 0.2) is 39.4 Å². The molecule has 25 heavy (non-hydrogen) atoms. The first-order chi connectivity index (χ1) is 12.1. The number of amides is 1.